The molecule has 1 saturated heterocycles. The van der Waals surface area contributed by atoms with Crippen molar-refractivity contribution >= 4 is 57.1 Å². The van der Waals surface area contributed by atoms with Crippen LogP contribution in [0, 0.1) is 0 Å². The molecule has 5 heterocycles. The van der Waals surface area contributed by atoms with Crippen molar-refractivity contribution in [3.63, 3.8) is 0 Å². The van der Waals surface area contributed by atoms with E-state index >= 15 is 0 Å². The molecule has 31 heavy (non-hydrogen) atoms. The minimum Gasteiger partial charge on any atom is -0.361 e. The van der Waals surface area contributed by atoms with Gasteiger partial charge < -0.3 is 15.2 Å². The van der Waals surface area contributed by atoms with Crippen LogP contribution >= 0.6 is 23.1 Å². The van der Waals surface area contributed by atoms with E-state index in [0.717, 1.165) is 70.1 Å². The van der Waals surface area contributed by atoms with Gasteiger partial charge in [-0.25, -0.2) is 9.97 Å². The van der Waals surface area contributed by atoms with Crippen molar-refractivity contribution in [2.24, 2.45) is 0 Å². The summed E-state index contributed by atoms with van der Waals surface area (Å²) in [6, 6.07) is 10.1. The van der Waals surface area contributed by atoms with Gasteiger partial charge in [0, 0.05) is 30.0 Å². The number of H-pyrrole nitrogens is 1. The third kappa shape index (κ3) is 3.51. The molecule has 8 nitrogen and oxygen atoms in total. The van der Waals surface area contributed by atoms with Crippen molar-refractivity contribution in [2.45, 2.75) is 6.54 Å². The lowest BCUT2D eigenvalue weighted by molar-refractivity contribution is 0.817. The summed E-state index contributed by atoms with van der Waals surface area (Å²) in [5, 5.41) is 7.61. The summed E-state index contributed by atoms with van der Waals surface area (Å²) in [7, 11) is 0. The standard InChI is InChI=1S/C21H20N8S2/c1-2-4-16-15(3-1)24-17(25-16)11-22-19-18-20(29(13-23-18)14-5-8-31-12-14)27-21(26-19)28-6-9-30-10-7-28/h1-5,8,12-13H,6-7,9-11H2,(H,24,25)(H,22,26,27). The first-order valence-electron chi connectivity index (χ1n) is 10.1. The average Bonchev–Trinajstić information content (AvgIpc) is 3.56. The predicted octanol–water partition coefficient (Wildman–Crippen LogP) is 3.92. The molecule has 156 valence electrons. The molecule has 1 fully saturated rings. The Hall–Kier alpha value is -3.11. The van der Waals surface area contributed by atoms with Crippen LogP contribution in [0.2, 0.25) is 0 Å². The van der Waals surface area contributed by atoms with Crippen molar-refractivity contribution in [1.29, 1.82) is 0 Å². The van der Waals surface area contributed by atoms with Gasteiger partial charge in [-0.3, -0.25) is 4.57 Å². The molecule has 0 amide bonds. The van der Waals surface area contributed by atoms with Gasteiger partial charge in [-0.15, -0.1) is 0 Å². The zero-order valence-corrected chi connectivity index (χ0v) is 18.3. The first-order chi connectivity index (χ1) is 15.3. The summed E-state index contributed by atoms with van der Waals surface area (Å²) in [6.45, 7) is 2.43. The molecule has 0 spiro atoms. The Morgan fingerprint density at radius 1 is 1.06 bits per heavy atom. The van der Waals surface area contributed by atoms with Crippen LogP contribution in [0.15, 0.2) is 47.4 Å². The second-order valence-corrected chi connectivity index (χ2v) is 9.30. The summed E-state index contributed by atoms with van der Waals surface area (Å²) in [5.74, 6) is 4.52. The molecule has 5 aromatic rings. The van der Waals surface area contributed by atoms with Gasteiger partial charge >= 0.3 is 0 Å². The monoisotopic (exact) mass is 448 g/mol. The van der Waals surface area contributed by atoms with Crippen molar-refractivity contribution in [1.82, 2.24) is 29.5 Å². The second-order valence-electron chi connectivity index (χ2n) is 7.29. The largest absolute Gasteiger partial charge is 0.361 e. The number of aromatic nitrogens is 6. The highest BCUT2D eigenvalue weighted by atomic mass is 32.2. The van der Waals surface area contributed by atoms with Crippen LogP contribution in [0.3, 0.4) is 0 Å². The normalized spacial score (nSPS) is 14.5. The SMILES string of the molecule is c1ccc2[nH]c(CNc3nc(N4CCSCC4)nc4c3ncn4-c3ccsc3)nc2c1. The summed E-state index contributed by atoms with van der Waals surface area (Å²) >= 11 is 3.63. The fourth-order valence-electron chi connectivity index (χ4n) is 3.76. The van der Waals surface area contributed by atoms with E-state index in [4.69, 9.17) is 9.97 Å². The lowest BCUT2D eigenvalue weighted by Crippen LogP contribution is -2.34. The maximum absolute atomic E-state index is 4.91. The zero-order valence-electron chi connectivity index (χ0n) is 16.7. The van der Waals surface area contributed by atoms with Gasteiger partial charge in [-0.05, 0) is 23.6 Å². The van der Waals surface area contributed by atoms with Crippen LogP contribution in [0.5, 0.6) is 0 Å². The Balaban J connectivity index is 1.39. The molecule has 1 aliphatic heterocycles. The predicted molar refractivity (Wildman–Crippen MR) is 127 cm³/mol. The van der Waals surface area contributed by atoms with E-state index in [1.807, 2.05) is 46.9 Å². The third-order valence-corrected chi connectivity index (χ3v) is 6.94. The molecule has 0 bridgehead atoms. The lowest BCUT2D eigenvalue weighted by Gasteiger charge is -2.26. The summed E-state index contributed by atoms with van der Waals surface area (Å²) < 4.78 is 2.03. The van der Waals surface area contributed by atoms with Gasteiger partial charge in [-0.2, -0.15) is 33.1 Å². The zero-order chi connectivity index (χ0) is 20.6. The van der Waals surface area contributed by atoms with E-state index in [-0.39, 0.29) is 0 Å². The molecule has 10 heteroatoms. The molecular formula is C21H20N8S2. The number of aromatic amines is 1. The number of thioether (sulfide) groups is 1. The number of nitrogens with one attached hydrogen (secondary N) is 2. The van der Waals surface area contributed by atoms with E-state index in [2.05, 4.69) is 42.0 Å². The smallest absolute Gasteiger partial charge is 0.229 e. The Morgan fingerprint density at radius 2 is 1.97 bits per heavy atom. The quantitative estimate of drug-likeness (QED) is 0.421. The van der Waals surface area contributed by atoms with Crippen LogP contribution in [-0.2, 0) is 6.54 Å². The molecular weight excluding hydrogens is 428 g/mol. The van der Waals surface area contributed by atoms with Crippen LogP contribution in [0.1, 0.15) is 5.82 Å². The molecule has 6 rings (SSSR count). The van der Waals surface area contributed by atoms with Gasteiger partial charge in [-0.1, -0.05) is 12.1 Å². The molecule has 0 unspecified atom stereocenters. The highest BCUT2D eigenvalue weighted by Crippen LogP contribution is 2.27. The van der Waals surface area contributed by atoms with E-state index in [1.54, 1.807) is 11.3 Å². The van der Waals surface area contributed by atoms with E-state index < -0.39 is 0 Å². The van der Waals surface area contributed by atoms with Gasteiger partial charge in [0.1, 0.15) is 12.2 Å². The number of rotatable bonds is 5. The number of fused-ring (bicyclic) bond motifs is 2. The fourth-order valence-corrected chi connectivity index (χ4v) is 5.29. The van der Waals surface area contributed by atoms with Crippen LogP contribution < -0.4 is 10.2 Å². The van der Waals surface area contributed by atoms with Crippen molar-refractivity contribution in [3.05, 3.63) is 53.2 Å². The lowest BCUT2D eigenvalue weighted by atomic mass is 10.3. The van der Waals surface area contributed by atoms with Crippen LogP contribution in [0.4, 0.5) is 11.8 Å². The van der Waals surface area contributed by atoms with Crippen LogP contribution in [0.25, 0.3) is 27.9 Å². The maximum atomic E-state index is 4.91. The van der Waals surface area contributed by atoms with Gasteiger partial charge in [0.25, 0.3) is 0 Å². The number of hydrogen-bond donors (Lipinski definition) is 2. The number of thiophene rings is 1. The highest BCUT2D eigenvalue weighted by molar-refractivity contribution is 7.99. The van der Waals surface area contributed by atoms with Crippen molar-refractivity contribution in [2.75, 3.05) is 34.8 Å². The van der Waals surface area contributed by atoms with Gasteiger partial charge in [0.05, 0.1) is 23.3 Å². The summed E-state index contributed by atoms with van der Waals surface area (Å²) in [5.41, 5.74) is 4.63. The fraction of sp³-hybridized carbons (Fsp3) is 0.238. The summed E-state index contributed by atoms with van der Waals surface area (Å²) in [6.07, 6.45) is 1.82. The number of para-hydroxylation sites is 2. The molecule has 2 N–H and O–H groups in total. The molecule has 1 aliphatic rings. The summed E-state index contributed by atoms with van der Waals surface area (Å²) in [4.78, 5) is 24.7. The maximum Gasteiger partial charge on any atom is 0.229 e. The minimum atomic E-state index is 0.529. The molecule has 0 aliphatic carbocycles. The minimum absolute atomic E-state index is 0.529. The number of nitrogens with zero attached hydrogens (tertiary/aromatic N) is 6. The molecule has 0 atom stereocenters. The topological polar surface area (TPSA) is 87.5 Å². The molecule has 0 radical (unpaired) electrons. The van der Waals surface area contributed by atoms with Crippen molar-refractivity contribution < 1.29 is 0 Å². The number of anilines is 2. The average molecular weight is 449 g/mol. The molecule has 4 aromatic heterocycles. The Morgan fingerprint density at radius 3 is 2.81 bits per heavy atom. The first-order valence-corrected chi connectivity index (χ1v) is 12.2. The van der Waals surface area contributed by atoms with E-state index in [1.165, 1.54) is 0 Å². The van der Waals surface area contributed by atoms with Gasteiger partial charge in [0.2, 0.25) is 5.95 Å². The van der Waals surface area contributed by atoms with E-state index in [0.29, 0.717) is 6.54 Å². The molecule has 1 aromatic carbocycles. The Labute approximate surface area is 186 Å². The second kappa shape index (κ2) is 7.86. The number of hydrogen-bond acceptors (Lipinski definition) is 8. The number of benzene rings is 1. The van der Waals surface area contributed by atoms with E-state index in [9.17, 15) is 0 Å². The Kier molecular flexibility index (Phi) is 4.73. The Bertz CT molecular complexity index is 1300. The third-order valence-electron chi connectivity index (χ3n) is 5.32. The number of imidazole rings is 2. The van der Waals surface area contributed by atoms with Crippen LogP contribution in [-0.4, -0.2) is 54.1 Å². The first kappa shape index (κ1) is 18.6. The molecule has 0 saturated carbocycles. The highest BCUT2D eigenvalue weighted by Gasteiger charge is 2.20. The van der Waals surface area contributed by atoms with Gasteiger partial charge in [0.15, 0.2) is 17.0 Å². The van der Waals surface area contributed by atoms with Crippen molar-refractivity contribution in [3.8, 4) is 5.69 Å².